The van der Waals surface area contributed by atoms with Crippen LogP contribution in [0.3, 0.4) is 0 Å². The number of aryl methyl sites for hydroxylation is 3. The minimum absolute atomic E-state index is 0.0456. The van der Waals surface area contributed by atoms with Gasteiger partial charge >= 0.3 is 5.97 Å². The van der Waals surface area contributed by atoms with Crippen molar-refractivity contribution in [2.45, 2.75) is 78.6 Å². The van der Waals surface area contributed by atoms with Crippen molar-refractivity contribution in [1.29, 1.82) is 0 Å². The summed E-state index contributed by atoms with van der Waals surface area (Å²) in [7, 11) is 0. The predicted molar refractivity (Wildman–Crippen MR) is 122 cm³/mol. The van der Waals surface area contributed by atoms with Crippen LogP contribution in [-0.2, 0) is 32.1 Å². The molecule has 1 saturated carbocycles. The molecule has 2 aromatic carbocycles. The van der Waals surface area contributed by atoms with Crippen molar-refractivity contribution in [3.8, 4) is 0 Å². The largest absolute Gasteiger partial charge is 0.460 e. The molecule has 4 nitrogen and oxygen atoms in total. The molecule has 0 atom stereocenters. The lowest BCUT2D eigenvalue weighted by Gasteiger charge is -2.46. The fourth-order valence-electron chi connectivity index (χ4n) is 4.03. The molecule has 31 heavy (non-hydrogen) atoms. The van der Waals surface area contributed by atoms with E-state index < -0.39 is 11.4 Å². The average Bonchev–Trinajstić information content (AvgIpc) is 2.68. The van der Waals surface area contributed by atoms with E-state index in [1.54, 1.807) is 0 Å². The molecule has 2 aromatic rings. The minimum atomic E-state index is -1.09. The van der Waals surface area contributed by atoms with Crippen molar-refractivity contribution >= 4 is 11.8 Å². The number of rotatable bonds is 8. The van der Waals surface area contributed by atoms with Crippen LogP contribution in [-0.4, -0.2) is 23.5 Å². The molecule has 0 aromatic heterocycles. The Morgan fingerprint density at radius 2 is 1.42 bits per heavy atom. The van der Waals surface area contributed by atoms with Gasteiger partial charge in [0.2, 0.25) is 0 Å². The van der Waals surface area contributed by atoms with Gasteiger partial charge in [-0.3, -0.25) is 9.59 Å². The van der Waals surface area contributed by atoms with Crippen LogP contribution in [0.15, 0.2) is 48.5 Å². The Bertz CT molecular complexity index is 834. The molecule has 1 aliphatic carbocycles. The fraction of sp³-hybridized carbons (Fsp3) is 0.481. The molecule has 4 heteroatoms. The fourth-order valence-corrected chi connectivity index (χ4v) is 4.03. The first-order valence-electron chi connectivity index (χ1n) is 11.1. The first kappa shape index (κ1) is 23.2. The summed E-state index contributed by atoms with van der Waals surface area (Å²) in [6.45, 7) is 10.2. The smallest absolute Gasteiger partial charge is 0.320 e. The monoisotopic (exact) mass is 422 g/mol. The van der Waals surface area contributed by atoms with Gasteiger partial charge in [-0.1, -0.05) is 59.7 Å². The Morgan fingerprint density at radius 3 is 1.94 bits per heavy atom. The van der Waals surface area contributed by atoms with Gasteiger partial charge in [0.25, 0.3) is 0 Å². The van der Waals surface area contributed by atoms with Gasteiger partial charge in [-0.2, -0.15) is 0 Å². The standard InChI is InChI=1S/C27H34O4/c1-19-6-10-21(11-7-19)14-15-24(28)27(16-23(17-27)31-26(3,4)5)25(29)30-18-22-12-8-20(2)9-13-22/h6-13,23H,14-18H2,1-5H3. The van der Waals surface area contributed by atoms with Crippen molar-refractivity contribution in [3.05, 3.63) is 70.8 Å². The Kier molecular flexibility index (Phi) is 7.00. The van der Waals surface area contributed by atoms with Crippen LogP contribution in [0.25, 0.3) is 0 Å². The van der Waals surface area contributed by atoms with Crippen LogP contribution in [0.4, 0.5) is 0 Å². The molecule has 0 saturated heterocycles. The van der Waals surface area contributed by atoms with E-state index >= 15 is 0 Å². The van der Waals surface area contributed by atoms with E-state index in [0.717, 1.165) is 16.7 Å². The van der Waals surface area contributed by atoms with Gasteiger partial charge < -0.3 is 9.47 Å². The van der Waals surface area contributed by atoms with Crippen molar-refractivity contribution < 1.29 is 19.1 Å². The topological polar surface area (TPSA) is 52.6 Å². The Balaban J connectivity index is 1.67. The Labute approximate surface area is 186 Å². The van der Waals surface area contributed by atoms with E-state index in [2.05, 4.69) is 0 Å². The van der Waals surface area contributed by atoms with E-state index in [4.69, 9.17) is 9.47 Å². The molecule has 1 fully saturated rings. The summed E-state index contributed by atoms with van der Waals surface area (Å²) in [5, 5.41) is 0. The van der Waals surface area contributed by atoms with Gasteiger partial charge in [-0.05, 0) is 65.0 Å². The first-order valence-corrected chi connectivity index (χ1v) is 11.1. The quantitative estimate of drug-likeness (QED) is 0.416. The van der Waals surface area contributed by atoms with Crippen LogP contribution < -0.4 is 0 Å². The predicted octanol–water partition coefficient (Wildman–Crippen LogP) is 5.51. The zero-order valence-corrected chi connectivity index (χ0v) is 19.4. The molecule has 166 valence electrons. The number of hydrogen-bond donors (Lipinski definition) is 0. The highest BCUT2D eigenvalue weighted by atomic mass is 16.5. The van der Waals surface area contributed by atoms with Gasteiger partial charge in [-0.15, -0.1) is 0 Å². The zero-order chi connectivity index (χ0) is 22.6. The number of esters is 1. The number of hydrogen-bond acceptors (Lipinski definition) is 4. The second-order valence-electron chi connectivity index (χ2n) is 9.81. The van der Waals surface area contributed by atoms with Crippen LogP contribution in [0, 0.1) is 19.3 Å². The van der Waals surface area contributed by atoms with Gasteiger partial charge in [0.05, 0.1) is 11.7 Å². The lowest BCUT2D eigenvalue weighted by atomic mass is 9.63. The zero-order valence-electron chi connectivity index (χ0n) is 19.4. The third-order valence-electron chi connectivity index (χ3n) is 5.85. The van der Waals surface area contributed by atoms with Crippen LogP contribution in [0.2, 0.25) is 0 Å². The van der Waals surface area contributed by atoms with Crippen molar-refractivity contribution in [2.24, 2.45) is 5.41 Å². The summed E-state index contributed by atoms with van der Waals surface area (Å²) < 4.78 is 11.6. The molecule has 0 spiro atoms. The Hall–Kier alpha value is -2.46. The third kappa shape index (κ3) is 6.04. The number of benzene rings is 2. The van der Waals surface area contributed by atoms with E-state index in [1.807, 2.05) is 83.1 Å². The summed E-state index contributed by atoms with van der Waals surface area (Å²) in [6.07, 6.45) is 1.63. The summed E-state index contributed by atoms with van der Waals surface area (Å²) >= 11 is 0. The molecule has 0 bridgehead atoms. The molecule has 0 N–H and O–H groups in total. The van der Waals surface area contributed by atoms with E-state index in [9.17, 15) is 9.59 Å². The molecular formula is C27H34O4. The van der Waals surface area contributed by atoms with E-state index in [1.165, 1.54) is 5.56 Å². The van der Waals surface area contributed by atoms with Crippen molar-refractivity contribution in [2.75, 3.05) is 0 Å². The summed E-state index contributed by atoms with van der Waals surface area (Å²) in [6, 6.07) is 16.0. The molecule has 3 rings (SSSR count). The molecule has 0 heterocycles. The van der Waals surface area contributed by atoms with Crippen LogP contribution >= 0.6 is 0 Å². The normalized spacial score (nSPS) is 20.7. The van der Waals surface area contributed by atoms with Gasteiger partial charge in [-0.25, -0.2) is 0 Å². The number of Topliss-reactive ketones (excluding diaryl/α,β-unsaturated/α-hetero) is 1. The minimum Gasteiger partial charge on any atom is -0.460 e. The maximum atomic E-state index is 13.2. The highest BCUT2D eigenvalue weighted by molar-refractivity contribution is 6.05. The van der Waals surface area contributed by atoms with Gasteiger partial charge in [0.15, 0.2) is 5.78 Å². The Morgan fingerprint density at radius 1 is 0.903 bits per heavy atom. The summed E-state index contributed by atoms with van der Waals surface area (Å²) in [5.41, 5.74) is 2.96. The highest BCUT2D eigenvalue weighted by Gasteiger charge is 2.57. The lowest BCUT2D eigenvalue weighted by molar-refractivity contribution is -0.189. The number of carbonyl (C=O) groups is 2. The highest BCUT2D eigenvalue weighted by Crippen LogP contribution is 2.47. The number of carbonyl (C=O) groups excluding carboxylic acids is 2. The van der Waals surface area contributed by atoms with Crippen LogP contribution in [0.5, 0.6) is 0 Å². The summed E-state index contributed by atoms with van der Waals surface area (Å²) in [5.74, 6) is -0.466. The van der Waals surface area contributed by atoms with Crippen molar-refractivity contribution in [1.82, 2.24) is 0 Å². The van der Waals surface area contributed by atoms with Gasteiger partial charge in [0, 0.05) is 6.42 Å². The number of ketones is 1. The maximum absolute atomic E-state index is 13.2. The molecule has 0 unspecified atom stereocenters. The van der Waals surface area contributed by atoms with Gasteiger partial charge in [0.1, 0.15) is 12.0 Å². The maximum Gasteiger partial charge on any atom is 0.320 e. The number of ether oxygens (including phenoxy) is 2. The van der Waals surface area contributed by atoms with Crippen LogP contribution in [0.1, 0.15) is 62.3 Å². The summed E-state index contributed by atoms with van der Waals surface area (Å²) in [4.78, 5) is 26.3. The molecule has 0 aliphatic heterocycles. The van der Waals surface area contributed by atoms with E-state index in [0.29, 0.717) is 25.7 Å². The SMILES string of the molecule is Cc1ccc(CCC(=O)C2(C(=O)OCc3ccc(C)cc3)CC(OC(C)(C)C)C2)cc1. The molecular weight excluding hydrogens is 388 g/mol. The molecule has 0 radical (unpaired) electrons. The second-order valence-corrected chi connectivity index (χ2v) is 9.81. The lowest BCUT2D eigenvalue weighted by Crippen LogP contribution is -2.55. The van der Waals surface area contributed by atoms with Crippen molar-refractivity contribution in [3.63, 3.8) is 0 Å². The molecule has 0 amide bonds. The first-order chi connectivity index (χ1) is 14.6. The van der Waals surface area contributed by atoms with E-state index in [-0.39, 0.29) is 24.1 Å². The average molecular weight is 423 g/mol. The molecule has 1 aliphatic rings. The third-order valence-corrected chi connectivity index (χ3v) is 5.85. The second kappa shape index (κ2) is 9.35.